The van der Waals surface area contributed by atoms with Crippen molar-refractivity contribution in [3.63, 3.8) is 0 Å². The first-order valence-electron chi connectivity index (χ1n) is 3.48. The molecule has 0 aliphatic rings. The Kier molecular flexibility index (Phi) is 4.18. The Bertz CT molecular complexity index is 300. The van der Waals surface area contributed by atoms with Crippen LogP contribution in [0.2, 0.25) is 0 Å². The lowest BCUT2D eigenvalue weighted by molar-refractivity contribution is -0.283. The van der Waals surface area contributed by atoms with Gasteiger partial charge in [-0.15, -0.1) is 0 Å². The highest BCUT2D eigenvalue weighted by atomic mass is 31.2. The molecule has 0 fully saturated rings. The van der Waals surface area contributed by atoms with Crippen LogP contribution >= 0.6 is 7.60 Å². The summed E-state index contributed by atoms with van der Waals surface area (Å²) >= 11 is 0. The van der Waals surface area contributed by atoms with Gasteiger partial charge in [-0.3, -0.25) is 9.36 Å². The van der Waals surface area contributed by atoms with Crippen LogP contribution < -0.4 is 0 Å². The number of hydrogen-bond acceptors (Lipinski definition) is 2. The van der Waals surface area contributed by atoms with Gasteiger partial charge < -0.3 is 9.79 Å². The Morgan fingerprint density at radius 1 is 1.06 bits per heavy atom. The fraction of sp³-hybridized carbons (Fsp3) is 0.800. The lowest BCUT2D eigenvalue weighted by atomic mass is 10.1. The van der Waals surface area contributed by atoms with E-state index in [0.29, 0.717) is 0 Å². The van der Waals surface area contributed by atoms with E-state index in [1.54, 1.807) is 0 Å². The van der Waals surface area contributed by atoms with Gasteiger partial charge in [-0.25, -0.2) is 0 Å². The summed E-state index contributed by atoms with van der Waals surface area (Å²) < 4.78 is 81.2. The van der Waals surface area contributed by atoms with Crippen molar-refractivity contribution in [2.75, 3.05) is 0 Å². The third-order valence-corrected chi connectivity index (χ3v) is 2.33. The molecular formula is C5H5F6O4P. The lowest BCUT2D eigenvalue weighted by Gasteiger charge is -2.22. The van der Waals surface area contributed by atoms with E-state index in [9.17, 15) is 35.7 Å². The highest BCUT2D eigenvalue weighted by Gasteiger charge is 2.58. The second kappa shape index (κ2) is 4.34. The first-order valence-corrected chi connectivity index (χ1v) is 5.10. The normalized spacial score (nSPS) is 14.3. The van der Waals surface area contributed by atoms with E-state index in [1.807, 2.05) is 0 Å². The van der Waals surface area contributed by atoms with Gasteiger partial charge in [0.2, 0.25) is 5.52 Å². The average molecular weight is 274 g/mol. The van der Waals surface area contributed by atoms with Crippen LogP contribution in [0.15, 0.2) is 0 Å². The molecule has 0 amide bonds. The predicted molar refractivity (Wildman–Crippen MR) is 37.3 cm³/mol. The quantitative estimate of drug-likeness (QED) is 0.608. The van der Waals surface area contributed by atoms with E-state index >= 15 is 0 Å². The SMILES string of the molecule is O=C(CC(C(F)(F)F)C(F)(F)F)P(=O)(O)O. The summed E-state index contributed by atoms with van der Waals surface area (Å²) in [5, 5.41) is 0. The van der Waals surface area contributed by atoms with Gasteiger partial charge in [0, 0.05) is 6.42 Å². The van der Waals surface area contributed by atoms with E-state index in [0.717, 1.165) is 0 Å². The Morgan fingerprint density at radius 2 is 1.38 bits per heavy atom. The summed E-state index contributed by atoms with van der Waals surface area (Å²) in [5.74, 6) is -4.07. The number of carbonyl (C=O) groups is 1. The molecule has 4 nitrogen and oxygen atoms in total. The molecule has 11 heteroatoms. The molecule has 0 aliphatic carbocycles. The lowest BCUT2D eigenvalue weighted by Crippen LogP contribution is -2.37. The van der Waals surface area contributed by atoms with Crippen molar-refractivity contribution in [1.29, 1.82) is 0 Å². The minimum Gasteiger partial charge on any atom is -0.319 e. The van der Waals surface area contributed by atoms with Crippen LogP contribution in [0.5, 0.6) is 0 Å². The minimum atomic E-state index is -5.79. The summed E-state index contributed by atoms with van der Waals surface area (Å²) in [6, 6.07) is 0. The number of halogens is 6. The van der Waals surface area contributed by atoms with Crippen LogP contribution in [-0.4, -0.2) is 27.7 Å². The highest BCUT2D eigenvalue weighted by Crippen LogP contribution is 2.46. The number of hydrogen-bond donors (Lipinski definition) is 2. The van der Waals surface area contributed by atoms with Crippen molar-refractivity contribution in [3.8, 4) is 0 Å². The Balaban J connectivity index is 5.00. The monoisotopic (exact) mass is 274 g/mol. The average Bonchev–Trinajstić information content (AvgIpc) is 1.92. The maximum Gasteiger partial charge on any atom is 0.400 e. The van der Waals surface area contributed by atoms with E-state index < -0.39 is 37.8 Å². The summed E-state index contributed by atoms with van der Waals surface area (Å²) in [4.78, 5) is 26.6. The molecule has 0 saturated carbocycles. The summed E-state index contributed by atoms with van der Waals surface area (Å²) in [7, 11) is -5.59. The molecule has 0 atom stereocenters. The van der Waals surface area contributed by atoms with Crippen LogP contribution in [-0.2, 0) is 9.36 Å². The standard InChI is InChI=1S/C5H5F6O4P/c6-4(7,8)2(5(9,10)11)1-3(12)16(13,14)15/h2H,1H2,(H2,13,14,15). The zero-order valence-electron chi connectivity index (χ0n) is 7.21. The van der Waals surface area contributed by atoms with Crippen molar-refractivity contribution in [2.24, 2.45) is 5.92 Å². The summed E-state index contributed by atoms with van der Waals surface area (Å²) in [5.41, 5.74) is -2.40. The van der Waals surface area contributed by atoms with Crippen LogP contribution in [0.4, 0.5) is 26.3 Å². The molecule has 16 heavy (non-hydrogen) atoms. The molecular weight excluding hydrogens is 269 g/mol. The molecule has 0 unspecified atom stereocenters. The molecule has 0 aromatic heterocycles. The van der Waals surface area contributed by atoms with Crippen molar-refractivity contribution in [1.82, 2.24) is 0 Å². The van der Waals surface area contributed by atoms with Gasteiger partial charge in [-0.1, -0.05) is 0 Å². The highest BCUT2D eigenvalue weighted by molar-refractivity contribution is 7.70. The smallest absolute Gasteiger partial charge is 0.319 e. The van der Waals surface area contributed by atoms with Crippen molar-refractivity contribution < 1.29 is 45.5 Å². The summed E-state index contributed by atoms with van der Waals surface area (Å²) in [6.45, 7) is 0. The van der Waals surface area contributed by atoms with E-state index in [-0.39, 0.29) is 0 Å². The van der Waals surface area contributed by atoms with Crippen molar-refractivity contribution >= 4 is 13.1 Å². The minimum absolute atomic E-state index is 2.32. The van der Waals surface area contributed by atoms with Gasteiger partial charge >= 0.3 is 19.9 Å². The first-order chi connectivity index (χ1) is 6.76. The molecule has 0 rings (SSSR count). The third-order valence-electron chi connectivity index (χ3n) is 1.49. The molecule has 0 heterocycles. The molecule has 0 bridgehead atoms. The molecule has 0 aromatic rings. The molecule has 96 valence electrons. The van der Waals surface area contributed by atoms with E-state index in [1.165, 1.54) is 0 Å². The van der Waals surface area contributed by atoms with Gasteiger partial charge in [0.15, 0.2) is 5.92 Å². The third kappa shape index (κ3) is 4.50. The van der Waals surface area contributed by atoms with Gasteiger partial charge in [-0.05, 0) is 0 Å². The molecule has 0 radical (unpaired) electrons. The van der Waals surface area contributed by atoms with Crippen LogP contribution in [0.25, 0.3) is 0 Å². The van der Waals surface area contributed by atoms with Gasteiger partial charge in [-0.2, -0.15) is 26.3 Å². The second-order valence-electron chi connectivity index (χ2n) is 2.78. The second-order valence-corrected chi connectivity index (χ2v) is 4.36. The van der Waals surface area contributed by atoms with Gasteiger partial charge in [0.05, 0.1) is 0 Å². The number of alkyl halides is 6. The zero-order chi connectivity index (χ0) is 13.4. The molecule has 0 spiro atoms. The fourth-order valence-corrected chi connectivity index (χ4v) is 1.13. The maximum absolute atomic E-state index is 11.8. The van der Waals surface area contributed by atoms with E-state index in [2.05, 4.69) is 0 Å². The van der Waals surface area contributed by atoms with Crippen LogP contribution in [0.3, 0.4) is 0 Å². The van der Waals surface area contributed by atoms with E-state index in [4.69, 9.17) is 9.79 Å². The van der Waals surface area contributed by atoms with Crippen LogP contribution in [0.1, 0.15) is 6.42 Å². The Labute approximate surface area is 84.4 Å². The predicted octanol–water partition coefficient (Wildman–Crippen LogP) is 1.82. The largest absolute Gasteiger partial charge is 0.400 e. The molecule has 0 aromatic carbocycles. The Morgan fingerprint density at radius 3 is 1.56 bits per heavy atom. The van der Waals surface area contributed by atoms with Crippen LogP contribution in [0, 0.1) is 5.92 Å². The van der Waals surface area contributed by atoms with Gasteiger partial charge in [0.25, 0.3) is 0 Å². The first kappa shape index (κ1) is 15.4. The summed E-state index contributed by atoms with van der Waals surface area (Å²) in [6.07, 6.45) is -13.9. The number of rotatable bonds is 3. The fourth-order valence-electron chi connectivity index (χ4n) is 0.711. The molecule has 2 N–H and O–H groups in total. The zero-order valence-corrected chi connectivity index (χ0v) is 8.10. The van der Waals surface area contributed by atoms with Gasteiger partial charge in [0.1, 0.15) is 0 Å². The van der Waals surface area contributed by atoms with Crippen molar-refractivity contribution in [3.05, 3.63) is 0 Å². The molecule has 0 saturated heterocycles. The topological polar surface area (TPSA) is 74.6 Å². The maximum atomic E-state index is 11.8. The Hall–Kier alpha value is -0.600. The van der Waals surface area contributed by atoms with Crippen molar-refractivity contribution in [2.45, 2.75) is 18.8 Å². The molecule has 0 aliphatic heterocycles. The number of carbonyl (C=O) groups excluding carboxylic acids is 1.